The highest BCUT2D eigenvalue weighted by atomic mass is 16.5. The third kappa shape index (κ3) is 5.56. The molecule has 4 aromatic rings. The molecule has 38 heavy (non-hydrogen) atoms. The number of amides is 1. The topological polar surface area (TPSA) is 112 Å². The quantitative estimate of drug-likeness (QED) is 0.265. The number of hydrogen-bond acceptors (Lipinski definition) is 5. The Hall–Kier alpha value is -4.53. The number of nitrogens with zero attached hydrogens (tertiary/aromatic N) is 2. The summed E-state index contributed by atoms with van der Waals surface area (Å²) in [6.07, 6.45) is 2.90. The maximum Gasteiger partial charge on any atom is 0.309 e. The lowest BCUT2D eigenvalue weighted by Crippen LogP contribution is -2.28. The Morgan fingerprint density at radius 1 is 1.00 bits per heavy atom. The maximum atomic E-state index is 13.1. The highest BCUT2D eigenvalue weighted by Gasteiger charge is 2.30. The van der Waals surface area contributed by atoms with Gasteiger partial charge in [-0.1, -0.05) is 6.07 Å². The average Bonchev–Trinajstić information content (AvgIpc) is 3.50. The molecule has 0 saturated heterocycles. The molecule has 0 radical (unpaired) electrons. The smallest absolute Gasteiger partial charge is 0.309 e. The van der Waals surface area contributed by atoms with Gasteiger partial charge in [0.1, 0.15) is 22.9 Å². The number of aryl methyl sites for hydroxylation is 1. The van der Waals surface area contributed by atoms with Crippen molar-refractivity contribution in [3.63, 3.8) is 0 Å². The molecule has 0 fully saturated rings. The highest BCUT2D eigenvalue weighted by molar-refractivity contribution is 6.07. The first kappa shape index (κ1) is 26.5. The molecule has 0 saturated carbocycles. The summed E-state index contributed by atoms with van der Waals surface area (Å²) in [5.74, 6) is 0.0770. The van der Waals surface area contributed by atoms with Crippen molar-refractivity contribution in [2.24, 2.45) is 5.41 Å². The normalized spacial score (nSPS) is 11.4. The molecule has 0 aliphatic carbocycles. The summed E-state index contributed by atoms with van der Waals surface area (Å²) in [6.45, 7) is 8.10. The van der Waals surface area contributed by atoms with Gasteiger partial charge >= 0.3 is 5.97 Å². The molecule has 9 heteroatoms. The Morgan fingerprint density at radius 2 is 1.74 bits per heavy atom. The number of rotatable bonds is 10. The van der Waals surface area contributed by atoms with Gasteiger partial charge in [-0.3, -0.25) is 19.0 Å². The Morgan fingerprint density at radius 3 is 2.39 bits per heavy atom. The predicted octanol–water partition coefficient (Wildman–Crippen LogP) is 6.05. The molecule has 2 N–H and O–H groups in total. The number of ether oxygens (including phenoxy) is 2. The van der Waals surface area contributed by atoms with Crippen LogP contribution in [0.1, 0.15) is 49.4 Å². The van der Waals surface area contributed by atoms with E-state index < -0.39 is 11.4 Å². The number of carboxylic acids is 1. The molecule has 2 heterocycles. The van der Waals surface area contributed by atoms with Crippen LogP contribution >= 0.6 is 0 Å². The molecule has 198 valence electrons. The first-order valence-electron chi connectivity index (χ1n) is 12.4. The van der Waals surface area contributed by atoms with Gasteiger partial charge in [-0.2, -0.15) is 0 Å². The van der Waals surface area contributed by atoms with E-state index in [0.29, 0.717) is 36.0 Å². The molecule has 1 amide bonds. The molecule has 2 aromatic carbocycles. The first-order chi connectivity index (χ1) is 18.1. The second-order valence-corrected chi connectivity index (χ2v) is 9.49. The number of aromatic nitrogens is 2. The fourth-order valence-corrected chi connectivity index (χ4v) is 4.14. The van der Waals surface area contributed by atoms with Crippen LogP contribution in [-0.2, 0) is 11.3 Å². The van der Waals surface area contributed by atoms with Crippen LogP contribution in [0.3, 0.4) is 0 Å². The minimum atomic E-state index is -1.17. The van der Waals surface area contributed by atoms with Gasteiger partial charge in [-0.15, -0.1) is 0 Å². The molecule has 0 aliphatic heterocycles. The van der Waals surface area contributed by atoms with Crippen LogP contribution in [0.5, 0.6) is 17.2 Å². The second kappa shape index (κ2) is 10.8. The van der Waals surface area contributed by atoms with E-state index in [4.69, 9.17) is 9.47 Å². The van der Waals surface area contributed by atoms with E-state index in [1.165, 1.54) is 30.8 Å². The van der Waals surface area contributed by atoms with Crippen molar-refractivity contribution in [1.82, 2.24) is 9.13 Å². The standard InChI is InChI=1S/C29H31N3O6/c1-5-32-23-8-7-9-25(37-6-2)22(23)16-24(32)27(34)30-19-10-12-20(13-11-19)38-21-14-15-31(18-21)26(33)17-29(3,4)28(35)36/h7-16,18H,5-6,17H2,1-4H3,(H,30,34)(H,35,36). The molecular weight excluding hydrogens is 486 g/mol. The van der Waals surface area contributed by atoms with E-state index in [-0.39, 0.29) is 18.2 Å². The SMILES string of the molecule is CCOc1cccc2c1cc(C(=O)Nc1ccc(Oc3ccn(C(=O)CC(C)(C)C(=O)O)c3)cc1)n2CC. The zero-order valence-corrected chi connectivity index (χ0v) is 21.9. The number of fused-ring (bicyclic) bond motifs is 1. The predicted molar refractivity (Wildman–Crippen MR) is 144 cm³/mol. The van der Waals surface area contributed by atoms with Crippen molar-refractivity contribution in [1.29, 1.82) is 0 Å². The van der Waals surface area contributed by atoms with E-state index >= 15 is 0 Å². The third-order valence-electron chi connectivity index (χ3n) is 6.23. The Balaban J connectivity index is 1.44. The van der Waals surface area contributed by atoms with Crippen molar-refractivity contribution >= 4 is 34.4 Å². The van der Waals surface area contributed by atoms with E-state index in [1.54, 1.807) is 30.3 Å². The number of benzene rings is 2. The highest BCUT2D eigenvalue weighted by Crippen LogP contribution is 2.30. The fourth-order valence-electron chi connectivity index (χ4n) is 4.14. The van der Waals surface area contributed by atoms with E-state index in [0.717, 1.165) is 16.7 Å². The Kier molecular flexibility index (Phi) is 7.57. The van der Waals surface area contributed by atoms with Gasteiger partial charge in [0.15, 0.2) is 0 Å². The van der Waals surface area contributed by atoms with Crippen molar-refractivity contribution in [2.45, 2.75) is 40.7 Å². The molecule has 0 unspecified atom stereocenters. The van der Waals surface area contributed by atoms with Gasteiger partial charge in [0.25, 0.3) is 5.91 Å². The van der Waals surface area contributed by atoms with Gasteiger partial charge < -0.3 is 24.5 Å². The molecule has 0 atom stereocenters. The van der Waals surface area contributed by atoms with Crippen LogP contribution in [0.2, 0.25) is 0 Å². The van der Waals surface area contributed by atoms with Gasteiger partial charge in [0.05, 0.1) is 23.7 Å². The van der Waals surface area contributed by atoms with Crippen LogP contribution in [-0.4, -0.2) is 38.6 Å². The van der Waals surface area contributed by atoms with Crippen molar-refractivity contribution in [3.05, 3.63) is 72.7 Å². The molecule has 4 rings (SSSR count). The van der Waals surface area contributed by atoms with Crippen molar-refractivity contribution in [3.8, 4) is 17.2 Å². The third-order valence-corrected chi connectivity index (χ3v) is 6.23. The van der Waals surface area contributed by atoms with E-state index in [2.05, 4.69) is 5.32 Å². The Bertz CT molecular complexity index is 1480. The lowest BCUT2D eigenvalue weighted by molar-refractivity contribution is -0.146. The fraction of sp³-hybridized carbons (Fsp3) is 0.276. The van der Waals surface area contributed by atoms with Crippen molar-refractivity contribution < 1.29 is 29.0 Å². The summed E-state index contributed by atoms with van der Waals surface area (Å²) < 4.78 is 14.8. The monoisotopic (exact) mass is 517 g/mol. The van der Waals surface area contributed by atoms with Gasteiger partial charge in [0, 0.05) is 30.2 Å². The van der Waals surface area contributed by atoms with E-state index in [1.807, 2.05) is 42.7 Å². The largest absolute Gasteiger partial charge is 0.493 e. The number of nitrogens with one attached hydrogen (secondary N) is 1. The number of anilines is 1. The summed E-state index contributed by atoms with van der Waals surface area (Å²) in [6, 6.07) is 16.1. The molecule has 0 spiro atoms. The van der Waals surface area contributed by atoms with Crippen LogP contribution in [0.15, 0.2) is 67.0 Å². The summed E-state index contributed by atoms with van der Waals surface area (Å²) in [4.78, 5) is 36.9. The number of aliphatic carboxylic acids is 1. The first-order valence-corrected chi connectivity index (χ1v) is 12.4. The van der Waals surface area contributed by atoms with Crippen molar-refractivity contribution in [2.75, 3.05) is 11.9 Å². The van der Waals surface area contributed by atoms with Crippen LogP contribution in [0, 0.1) is 5.41 Å². The molecular formula is C29H31N3O6. The van der Waals surface area contributed by atoms with Crippen LogP contribution < -0.4 is 14.8 Å². The maximum absolute atomic E-state index is 13.1. The summed E-state index contributed by atoms with van der Waals surface area (Å²) in [7, 11) is 0. The lowest BCUT2D eigenvalue weighted by Gasteiger charge is -2.17. The lowest BCUT2D eigenvalue weighted by atomic mass is 9.89. The zero-order chi connectivity index (χ0) is 27.4. The van der Waals surface area contributed by atoms with Gasteiger partial charge in [-0.05, 0) is 76.2 Å². The molecule has 9 nitrogen and oxygen atoms in total. The van der Waals surface area contributed by atoms with E-state index in [9.17, 15) is 19.5 Å². The minimum Gasteiger partial charge on any atom is -0.493 e. The Labute approximate surface area is 220 Å². The number of hydrogen-bond donors (Lipinski definition) is 2. The molecule has 0 aliphatic rings. The van der Waals surface area contributed by atoms with Gasteiger partial charge in [0.2, 0.25) is 5.91 Å². The van der Waals surface area contributed by atoms with Crippen LogP contribution in [0.4, 0.5) is 5.69 Å². The molecule has 0 bridgehead atoms. The number of carbonyl (C=O) groups excluding carboxylic acids is 2. The number of carbonyl (C=O) groups is 3. The summed E-state index contributed by atoms with van der Waals surface area (Å²) in [5, 5.41) is 13.1. The average molecular weight is 518 g/mol. The summed E-state index contributed by atoms with van der Waals surface area (Å²) in [5.41, 5.74) is 0.903. The van der Waals surface area contributed by atoms with Crippen LogP contribution in [0.25, 0.3) is 10.9 Å². The molecule has 2 aromatic heterocycles. The second-order valence-electron chi connectivity index (χ2n) is 9.49. The van der Waals surface area contributed by atoms with Gasteiger partial charge in [-0.25, -0.2) is 0 Å². The zero-order valence-electron chi connectivity index (χ0n) is 21.9. The minimum absolute atomic E-state index is 0.144. The summed E-state index contributed by atoms with van der Waals surface area (Å²) >= 11 is 0. The number of carboxylic acid groups (broad SMARTS) is 1.